The molecule has 1 amide bonds. The topological polar surface area (TPSA) is 78.9 Å². The Morgan fingerprint density at radius 1 is 1.41 bits per heavy atom. The summed E-state index contributed by atoms with van der Waals surface area (Å²) in [6.07, 6.45) is 1.69. The molecular weight excluding hydrogens is 477 g/mol. The first-order chi connectivity index (χ1) is 12.2. The Kier molecular flexibility index (Phi) is 9.26. The zero-order chi connectivity index (χ0) is 19.3. The zero-order valence-electron chi connectivity index (χ0n) is 17.1. The minimum Gasteiger partial charge on any atom is -0.444 e. The number of ether oxygens (including phenoxy) is 1. The summed E-state index contributed by atoms with van der Waals surface area (Å²) in [7, 11) is 1.75. The minimum absolute atomic E-state index is 0. The van der Waals surface area contributed by atoms with E-state index < -0.39 is 5.60 Å². The van der Waals surface area contributed by atoms with Gasteiger partial charge in [-0.2, -0.15) is 0 Å². The quantitative estimate of drug-likeness (QED) is 0.371. The molecule has 0 radical (unpaired) electrons. The van der Waals surface area contributed by atoms with Crippen molar-refractivity contribution < 1.29 is 9.53 Å². The van der Waals surface area contributed by atoms with Crippen LogP contribution in [-0.4, -0.2) is 53.7 Å². The van der Waals surface area contributed by atoms with Gasteiger partial charge in [0.15, 0.2) is 5.96 Å². The number of piperidine rings is 1. The fraction of sp³-hybridized carbons (Fsp3) is 0.722. The van der Waals surface area contributed by atoms with Gasteiger partial charge in [0.1, 0.15) is 10.6 Å². The van der Waals surface area contributed by atoms with Gasteiger partial charge in [-0.25, -0.2) is 9.78 Å². The number of guanidine groups is 1. The van der Waals surface area contributed by atoms with Crippen LogP contribution in [0, 0.1) is 13.8 Å². The number of carbonyl (C=O) groups excluding carboxylic acids is 1. The number of nitrogens with one attached hydrogen (secondary N) is 2. The van der Waals surface area contributed by atoms with E-state index in [1.54, 1.807) is 23.3 Å². The van der Waals surface area contributed by atoms with Crippen molar-refractivity contribution in [3.8, 4) is 0 Å². The molecule has 154 valence electrons. The zero-order valence-corrected chi connectivity index (χ0v) is 20.2. The van der Waals surface area contributed by atoms with Crippen LogP contribution in [0.2, 0.25) is 0 Å². The van der Waals surface area contributed by atoms with Crippen LogP contribution in [0.15, 0.2) is 4.99 Å². The highest BCUT2D eigenvalue weighted by atomic mass is 127. The summed E-state index contributed by atoms with van der Waals surface area (Å²) in [4.78, 5) is 24.1. The first kappa shape index (κ1) is 23.9. The number of thiazole rings is 1. The van der Waals surface area contributed by atoms with Gasteiger partial charge < -0.3 is 20.3 Å². The molecule has 1 fully saturated rings. The number of rotatable bonds is 3. The van der Waals surface area contributed by atoms with E-state index in [1.165, 1.54) is 4.88 Å². The number of hydrogen-bond donors (Lipinski definition) is 2. The molecule has 1 aromatic rings. The van der Waals surface area contributed by atoms with Crippen molar-refractivity contribution >= 4 is 47.4 Å². The molecule has 9 heteroatoms. The number of aromatic nitrogens is 1. The highest BCUT2D eigenvalue weighted by Crippen LogP contribution is 2.17. The van der Waals surface area contributed by atoms with Gasteiger partial charge in [-0.05, 0) is 47.5 Å². The largest absolute Gasteiger partial charge is 0.444 e. The Balaban J connectivity index is 0.00000364. The van der Waals surface area contributed by atoms with Crippen molar-refractivity contribution in [3.05, 3.63) is 15.6 Å². The Labute approximate surface area is 183 Å². The number of hydrogen-bond acceptors (Lipinski definition) is 5. The van der Waals surface area contributed by atoms with Crippen LogP contribution in [0.1, 0.15) is 49.2 Å². The number of halogens is 1. The molecular formula is C18H32IN5O2S. The Bertz CT molecular complexity index is 637. The third-order valence-electron chi connectivity index (χ3n) is 4.12. The van der Waals surface area contributed by atoms with Gasteiger partial charge in [0.2, 0.25) is 0 Å². The minimum atomic E-state index is -0.473. The van der Waals surface area contributed by atoms with E-state index in [2.05, 4.69) is 27.5 Å². The number of aryl methyl sites for hydroxylation is 2. The van der Waals surface area contributed by atoms with Crippen LogP contribution in [0.3, 0.4) is 0 Å². The predicted molar refractivity (Wildman–Crippen MR) is 121 cm³/mol. The van der Waals surface area contributed by atoms with Crippen LogP contribution in [0.5, 0.6) is 0 Å². The smallest absolute Gasteiger partial charge is 0.410 e. The maximum atomic E-state index is 12.3. The lowest BCUT2D eigenvalue weighted by Gasteiger charge is -2.35. The molecule has 0 aliphatic carbocycles. The molecule has 2 heterocycles. The van der Waals surface area contributed by atoms with Crippen molar-refractivity contribution in [1.29, 1.82) is 0 Å². The fourth-order valence-corrected chi connectivity index (χ4v) is 3.62. The van der Waals surface area contributed by atoms with E-state index >= 15 is 0 Å². The number of amides is 1. The van der Waals surface area contributed by atoms with Crippen LogP contribution in [-0.2, 0) is 11.3 Å². The van der Waals surface area contributed by atoms with E-state index in [-0.39, 0.29) is 36.1 Å². The summed E-state index contributed by atoms with van der Waals surface area (Å²) in [6, 6.07) is 0.155. The monoisotopic (exact) mass is 509 g/mol. The molecule has 0 aromatic carbocycles. The highest BCUT2D eigenvalue weighted by Gasteiger charge is 2.28. The second-order valence-electron chi connectivity index (χ2n) is 7.58. The summed E-state index contributed by atoms with van der Waals surface area (Å²) in [5, 5.41) is 7.76. The van der Waals surface area contributed by atoms with Crippen LogP contribution >= 0.6 is 35.3 Å². The van der Waals surface area contributed by atoms with Crippen LogP contribution in [0.25, 0.3) is 0 Å². The molecule has 2 rings (SSSR count). The SMILES string of the molecule is CN=C(NCc1nc(C)c(C)s1)NC1CCCN(C(=O)OC(C)(C)C)C1.I. The number of nitrogens with zero attached hydrogens (tertiary/aromatic N) is 3. The lowest BCUT2D eigenvalue weighted by atomic mass is 10.1. The Morgan fingerprint density at radius 2 is 2.11 bits per heavy atom. The molecule has 1 atom stereocenters. The van der Waals surface area contributed by atoms with Gasteiger partial charge in [-0.15, -0.1) is 35.3 Å². The molecule has 0 bridgehead atoms. The van der Waals surface area contributed by atoms with Gasteiger partial charge in [-0.3, -0.25) is 4.99 Å². The van der Waals surface area contributed by atoms with Gasteiger partial charge >= 0.3 is 6.09 Å². The van der Waals surface area contributed by atoms with Gasteiger partial charge in [-0.1, -0.05) is 0 Å². The summed E-state index contributed by atoms with van der Waals surface area (Å²) in [5.41, 5.74) is 0.606. The second kappa shape index (κ2) is 10.4. The van der Waals surface area contributed by atoms with E-state index in [9.17, 15) is 4.79 Å². The average Bonchev–Trinajstić information content (AvgIpc) is 2.88. The summed E-state index contributed by atoms with van der Waals surface area (Å²) < 4.78 is 5.48. The Morgan fingerprint density at radius 3 is 2.67 bits per heavy atom. The van der Waals surface area contributed by atoms with E-state index in [0.717, 1.165) is 36.0 Å². The second-order valence-corrected chi connectivity index (χ2v) is 8.87. The highest BCUT2D eigenvalue weighted by molar-refractivity contribution is 14.0. The lowest BCUT2D eigenvalue weighted by Crippen LogP contribution is -2.53. The molecule has 1 saturated heterocycles. The summed E-state index contributed by atoms with van der Waals surface area (Å²) in [6.45, 7) is 11.8. The van der Waals surface area contributed by atoms with Gasteiger partial charge in [0.25, 0.3) is 0 Å². The maximum absolute atomic E-state index is 12.3. The molecule has 1 aliphatic heterocycles. The first-order valence-electron chi connectivity index (χ1n) is 9.06. The Hall–Kier alpha value is -1.10. The molecule has 7 nitrogen and oxygen atoms in total. The van der Waals surface area contributed by atoms with Gasteiger partial charge in [0, 0.05) is 31.1 Å². The van der Waals surface area contributed by atoms with Crippen LogP contribution < -0.4 is 10.6 Å². The lowest BCUT2D eigenvalue weighted by molar-refractivity contribution is 0.0193. The summed E-state index contributed by atoms with van der Waals surface area (Å²) >= 11 is 1.70. The normalized spacial score (nSPS) is 17.9. The van der Waals surface area contributed by atoms with Crippen LogP contribution in [0.4, 0.5) is 4.79 Å². The third kappa shape index (κ3) is 7.81. The van der Waals surface area contributed by atoms with Crippen molar-refractivity contribution in [2.24, 2.45) is 4.99 Å². The van der Waals surface area contributed by atoms with E-state index in [0.29, 0.717) is 13.1 Å². The molecule has 0 saturated carbocycles. The first-order valence-corrected chi connectivity index (χ1v) is 9.87. The number of carbonyl (C=O) groups is 1. The fourth-order valence-electron chi connectivity index (χ4n) is 2.75. The predicted octanol–water partition coefficient (Wildman–Crippen LogP) is 3.44. The molecule has 1 aromatic heterocycles. The average molecular weight is 509 g/mol. The molecule has 27 heavy (non-hydrogen) atoms. The van der Waals surface area contributed by atoms with E-state index in [4.69, 9.17) is 4.74 Å². The third-order valence-corrected chi connectivity index (χ3v) is 5.19. The van der Waals surface area contributed by atoms with E-state index in [1.807, 2.05) is 27.7 Å². The molecule has 0 spiro atoms. The maximum Gasteiger partial charge on any atom is 0.410 e. The number of likely N-dealkylation sites (tertiary alicyclic amines) is 1. The molecule has 1 aliphatic rings. The molecule has 1 unspecified atom stereocenters. The van der Waals surface area contributed by atoms with Crippen molar-refractivity contribution in [3.63, 3.8) is 0 Å². The van der Waals surface area contributed by atoms with Gasteiger partial charge in [0.05, 0.1) is 12.2 Å². The number of aliphatic imine (C=N–C) groups is 1. The standard InChI is InChI=1S/C18H31N5O2S.HI/c1-12-13(2)26-15(21-12)10-20-16(19-6)22-14-8-7-9-23(11-14)17(24)25-18(3,4)5;/h14H,7-11H2,1-6H3,(H2,19,20,22);1H. The van der Waals surface area contributed by atoms with Crippen molar-refractivity contribution in [2.75, 3.05) is 20.1 Å². The van der Waals surface area contributed by atoms with Crippen molar-refractivity contribution in [1.82, 2.24) is 20.5 Å². The molecule has 2 N–H and O–H groups in total. The van der Waals surface area contributed by atoms with Crippen molar-refractivity contribution in [2.45, 2.75) is 65.6 Å². The summed E-state index contributed by atoms with van der Waals surface area (Å²) in [5.74, 6) is 0.728.